The standard InChI is InChI=1S/C14H22N2O/c15-14(4-1-5-14)7-16-13(17)12-10-8-2-3-9(6-8)11(10)12/h8-12H,1-7,15H2,(H,16,17). The van der Waals surface area contributed by atoms with E-state index in [0.29, 0.717) is 18.4 Å². The maximum absolute atomic E-state index is 12.2. The predicted molar refractivity (Wildman–Crippen MR) is 65.1 cm³/mol. The van der Waals surface area contributed by atoms with E-state index < -0.39 is 0 Å². The number of rotatable bonds is 3. The summed E-state index contributed by atoms with van der Waals surface area (Å²) in [5.41, 5.74) is 6.07. The summed E-state index contributed by atoms with van der Waals surface area (Å²) in [4.78, 5) is 12.2. The molecule has 4 unspecified atom stereocenters. The fourth-order valence-corrected chi connectivity index (χ4v) is 4.86. The minimum Gasteiger partial charge on any atom is -0.354 e. The van der Waals surface area contributed by atoms with Crippen molar-refractivity contribution < 1.29 is 4.79 Å². The first kappa shape index (κ1) is 10.4. The van der Waals surface area contributed by atoms with Gasteiger partial charge in [0.2, 0.25) is 5.91 Å². The Labute approximate surface area is 103 Å². The summed E-state index contributed by atoms with van der Waals surface area (Å²) >= 11 is 0. The van der Waals surface area contributed by atoms with Gasteiger partial charge in [0.05, 0.1) is 0 Å². The van der Waals surface area contributed by atoms with E-state index in [1.165, 1.54) is 25.7 Å². The maximum atomic E-state index is 12.2. The van der Waals surface area contributed by atoms with E-state index in [2.05, 4.69) is 5.32 Å². The van der Waals surface area contributed by atoms with E-state index in [9.17, 15) is 4.79 Å². The van der Waals surface area contributed by atoms with Crippen LogP contribution in [0, 0.1) is 29.6 Å². The first-order valence-corrected chi connectivity index (χ1v) is 7.25. The van der Waals surface area contributed by atoms with Gasteiger partial charge in [0.15, 0.2) is 0 Å². The number of hydrogen-bond acceptors (Lipinski definition) is 2. The molecule has 4 rings (SSSR count). The molecule has 1 amide bonds. The van der Waals surface area contributed by atoms with Gasteiger partial charge in [-0.3, -0.25) is 4.79 Å². The SMILES string of the molecule is NC1(CNC(=O)C2C3C4CCC(C4)C23)CCC1. The summed E-state index contributed by atoms with van der Waals surface area (Å²) in [6.07, 6.45) is 7.57. The fourth-order valence-electron chi connectivity index (χ4n) is 4.86. The molecule has 3 nitrogen and oxygen atoms in total. The van der Waals surface area contributed by atoms with Crippen molar-refractivity contribution >= 4 is 5.91 Å². The van der Waals surface area contributed by atoms with Gasteiger partial charge in [-0.25, -0.2) is 0 Å². The minimum atomic E-state index is -0.0708. The minimum absolute atomic E-state index is 0.0708. The molecule has 2 bridgehead atoms. The summed E-state index contributed by atoms with van der Waals surface area (Å²) in [6.45, 7) is 0.705. The molecule has 0 aliphatic heterocycles. The van der Waals surface area contributed by atoms with Crippen LogP contribution in [0.4, 0.5) is 0 Å². The predicted octanol–water partition coefficient (Wildman–Crippen LogP) is 1.28. The Hall–Kier alpha value is -0.570. The molecule has 4 saturated carbocycles. The lowest BCUT2D eigenvalue weighted by Crippen LogP contribution is -2.55. The summed E-state index contributed by atoms with van der Waals surface area (Å²) in [5.74, 6) is 3.96. The molecule has 17 heavy (non-hydrogen) atoms. The highest BCUT2D eigenvalue weighted by molar-refractivity contribution is 5.82. The van der Waals surface area contributed by atoms with E-state index in [4.69, 9.17) is 5.73 Å². The second-order valence-electron chi connectivity index (χ2n) is 6.95. The highest BCUT2D eigenvalue weighted by Gasteiger charge is 2.67. The normalized spacial score (nSPS) is 48.4. The van der Waals surface area contributed by atoms with Gasteiger partial charge in [0, 0.05) is 18.0 Å². The molecule has 4 atom stereocenters. The average Bonchev–Trinajstić information content (AvgIpc) is 2.73. The van der Waals surface area contributed by atoms with Crippen LogP contribution in [0.1, 0.15) is 38.5 Å². The monoisotopic (exact) mass is 234 g/mol. The first-order valence-electron chi connectivity index (χ1n) is 7.25. The van der Waals surface area contributed by atoms with Crippen LogP contribution in [0.2, 0.25) is 0 Å². The average molecular weight is 234 g/mol. The Morgan fingerprint density at radius 1 is 1.24 bits per heavy atom. The maximum Gasteiger partial charge on any atom is 0.223 e. The molecule has 3 heteroatoms. The van der Waals surface area contributed by atoms with E-state index in [1.807, 2.05) is 0 Å². The number of hydrogen-bond donors (Lipinski definition) is 2. The second kappa shape index (κ2) is 3.25. The van der Waals surface area contributed by atoms with Gasteiger partial charge in [-0.05, 0) is 62.2 Å². The third kappa shape index (κ3) is 1.41. The molecule has 0 heterocycles. The van der Waals surface area contributed by atoms with Gasteiger partial charge in [-0.1, -0.05) is 0 Å². The van der Waals surface area contributed by atoms with Gasteiger partial charge in [0.25, 0.3) is 0 Å². The number of carbonyl (C=O) groups is 1. The zero-order chi connectivity index (χ0) is 11.6. The largest absolute Gasteiger partial charge is 0.354 e. The molecule has 0 saturated heterocycles. The molecule has 4 aliphatic rings. The number of nitrogens with one attached hydrogen (secondary N) is 1. The van der Waals surface area contributed by atoms with Crippen molar-refractivity contribution in [1.82, 2.24) is 5.32 Å². The highest BCUT2D eigenvalue weighted by atomic mass is 16.2. The molecule has 0 aromatic rings. The topological polar surface area (TPSA) is 55.1 Å². The van der Waals surface area contributed by atoms with Crippen LogP contribution in [-0.4, -0.2) is 18.0 Å². The van der Waals surface area contributed by atoms with E-state index in [1.54, 1.807) is 0 Å². The third-order valence-corrected chi connectivity index (χ3v) is 6.00. The number of amides is 1. The lowest BCUT2D eigenvalue weighted by Gasteiger charge is -2.38. The summed E-state index contributed by atoms with van der Waals surface area (Å²) < 4.78 is 0. The molecule has 0 aromatic carbocycles. The van der Waals surface area contributed by atoms with Crippen LogP contribution in [0.15, 0.2) is 0 Å². The van der Waals surface area contributed by atoms with Crippen molar-refractivity contribution in [1.29, 1.82) is 0 Å². The Bertz CT molecular complexity index is 347. The lowest BCUT2D eigenvalue weighted by atomic mass is 9.78. The van der Waals surface area contributed by atoms with Crippen LogP contribution >= 0.6 is 0 Å². The third-order valence-electron chi connectivity index (χ3n) is 6.00. The molecule has 3 N–H and O–H groups in total. The van der Waals surface area contributed by atoms with Crippen LogP contribution < -0.4 is 11.1 Å². The van der Waals surface area contributed by atoms with E-state index >= 15 is 0 Å². The molecule has 4 fully saturated rings. The van der Waals surface area contributed by atoms with Crippen LogP contribution in [0.5, 0.6) is 0 Å². The Kier molecular flexibility index (Phi) is 1.98. The summed E-state index contributed by atoms with van der Waals surface area (Å²) in [7, 11) is 0. The molecule has 0 aromatic heterocycles. The molecular weight excluding hydrogens is 212 g/mol. The molecule has 0 spiro atoms. The zero-order valence-corrected chi connectivity index (χ0v) is 10.3. The van der Waals surface area contributed by atoms with Crippen molar-refractivity contribution in [2.24, 2.45) is 35.3 Å². The molecular formula is C14H22N2O. The fraction of sp³-hybridized carbons (Fsp3) is 0.929. The van der Waals surface area contributed by atoms with Crippen molar-refractivity contribution in [3.63, 3.8) is 0 Å². The van der Waals surface area contributed by atoms with Crippen molar-refractivity contribution in [2.75, 3.05) is 6.54 Å². The first-order chi connectivity index (χ1) is 8.18. The van der Waals surface area contributed by atoms with Gasteiger partial charge >= 0.3 is 0 Å². The zero-order valence-electron chi connectivity index (χ0n) is 10.3. The van der Waals surface area contributed by atoms with Crippen LogP contribution in [0.3, 0.4) is 0 Å². The van der Waals surface area contributed by atoms with E-state index in [0.717, 1.165) is 36.5 Å². The molecule has 4 aliphatic carbocycles. The van der Waals surface area contributed by atoms with Crippen LogP contribution in [-0.2, 0) is 4.79 Å². The van der Waals surface area contributed by atoms with E-state index in [-0.39, 0.29) is 5.54 Å². The van der Waals surface area contributed by atoms with Gasteiger partial charge in [0.1, 0.15) is 0 Å². The molecule has 0 radical (unpaired) electrons. The number of fused-ring (bicyclic) bond motifs is 5. The van der Waals surface area contributed by atoms with Crippen molar-refractivity contribution in [3.8, 4) is 0 Å². The summed E-state index contributed by atoms with van der Waals surface area (Å²) in [6, 6.07) is 0. The van der Waals surface area contributed by atoms with Gasteiger partial charge in [-0.15, -0.1) is 0 Å². The number of carbonyl (C=O) groups excluding carboxylic acids is 1. The second-order valence-corrected chi connectivity index (χ2v) is 6.95. The quantitative estimate of drug-likeness (QED) is 0.773. The Morgan fingerprint density at radius 2 is 1.88 bits per heavy atom. The highest BCUT2D eigenvalue weighted by Crippen LogP contribution is 2.69. The van der Waals surface area contributed by atoms with Gasteiger partial charge < -0.3 is 11.1 Å². The molecule has 94 valence electrons. The summed E-state index contributed by atoms with van der Waals surface area (Å²) in [5, 5.41) is 3.12. The Balaban J connectivity index is 1.34. The smallest absolute Gasteiger partial charge is 0.223 e. The Morgan fingerprint density at radius 3 is 2.41 bits per heavy atom. The van der Waals surface area contributed by atoms with Crippen molar-refractivity contribution in [2.45, 2.75) is 44.1 Å². The number of nitrogens with two attached hydrogens (primary N) is 1. The van der Waals surface area contributed by atoms with Crippen LogP contribution in [0.25, 0.3) is 0 Å². The van der Waals surface area contributed by atoms with Gasteiger partial charge in [-0.2, -0.15) is 0 Å². The van der Waals surface area contributed by atoms with Crippen molar-refractivity contribution in [3.05, 3.63) is 0 Å². The lowest BCUT2D eigenvalue weighted by molar-refractivity contribution is -0.123.